The highest BCUT2D eigenvalue weighted by Crippen LogP contribution is 2.38. The van der Waals surface area contributed by atoms with Gasteiger partial charge < -0.3 is 15.8 Å². The fraction of sp³-hybridized carbons (Fsp3) is 0.389. The van der Waals surface area contributed by atoms with Crippen LogP contribution in [0.4, 0.5) is 22.0 Å². The van der Waals surface area contributed by atoms with Gasteiger partial charge in [-0.25, -0.2) is 9.78 Å². The van der Waals surface area contributed by atoms with Gasteiger partial charge in [-0.1, -0.05) is 6.92 Å². The quantitative estimate of drug-likeness (QED) is 0.837. The van der Waals surface area contributed by atoms with Crippen molar-refractivity contribution in [1.29, 1.82) is 0 Å². The highest BCUT2D eigenvalue weighted by atomic mass is 16.6. The van der Waals surface area contributed by atoms with E-state index in [-0.39, 0.29) is 24.0 Å². The number of hydrogen-bond donors (Lipinski definition) is 2. The Morgan fingerprint density at radius 2 is 2.12 bits per heavy atom. The summed E-state index contributed by atoms with van der Waals surface area (Å²) < 4.78 is 5.08. The Balaban J connectivity index is 1.68. The van der Waals surface area contributed by atoms with Crippen molar-refractivity contribution < 1.29 is 14.3 Å². The van der Waals surface area contributed by atoms with Crippen molar-refractivity contribution in [2.75, 3.05) is 22.6 Å². The summed E-state index contributed by atoms with van der Waals surface area (Å²) in [5.41, 5.74) is 7.35. The molecule has 2 aliphatic rings. The summed E-state index contributed by atoms with van der Waals surface area (Å²) in [5, 5.41) is 4.45. The monoisotopic (exact) mass is 340 g/mol. The van der Waals surface area contributed by atoms with Gasteiger partial charge >= 0.3 is 6.09 Å². The number of fused-ring (bicyclic) bond motifs is 1. The molecule has 0 unspecified atom stereocenters. The number of hydrogen-bond acceptors (Lipinski definition) is 5. The van der Waals surface area contributed by atoms with Crippen LogP contribution in [0, 0.1) is 11.8 Å². The van der Waals surface area contributed by atoms with E-state index in [0.29, 0.717) is 29.7 Å². The van der Waals surface area contributed by atoms with Gasteiger partial charge in [-0.2, -0.15) is 0 Å². The molecule has 2 fully saturated rings. The molecule has 0 bridgehead atoms. The van der Waals surface area contributed by atoms with Gasteiger partial charge in [0.15, 0.2) is 0 Å². The normalized spacial score (nSPS) is 25.1. The summed E-state index contributed by atoms with van der Waals surface area (Å²) >= 11 is 0. The molecule has 2 amide bonds. The van der Waals surface area contributed by atoms with E-state index in [9.17, 15) is 9.59 Å². The van der Waals surface area contributed by atoms with Crippen LogP contribution < -0.4 is 16.0 Å². The highest BCUT2D eigenvalue weighted by molar-refractivity contribution is 6.01. The molecule has 1 aromatic heterocycles. The van der Waals surface area contributed by atoms with Crippen LogP contribution in [0.2, 0.25) is 0 Å². The van der Waals surface area contributed by atoms with Gasteiger partial charge in [0, 0.05) is 23.2 Å². The maximum atomic E-state index is 12.1. The zero-order valence-electron chi connectivity index (χ0n) is 14.2. The van der Waals surface area contributed by atoms with Gasteiger partial charge in [0.1, 0.15) is 12.4 Å². The second kappa shape index (κ2) is 5.61. The first kappa shape index (κ1) is 15.7. The Bertz CT molecular complexity index is 882. The third kappa shape index (κ3) is 2.75. The summed E-state index contributed by atoms with van der Waals surface area (Å²) in [6.45, 7) is 4.33. The van der Waals surface area contributed by atoms with Crippen molar-refractivity contribution in [2.45, 2.75) is 26.3 Å². The molecule has 3 atom stereocenters. The molecule has 0 spiro atoms. The standard InChI is InChI=1S/C18H20N4O3/c1-9-3-13(9)17(23)21-16-5-11-4-12(6-15(19)14(11)7-20-16)22-10(2)8-25-18(22)24/h4-7,9-10,13H,3,8,19H2,1-2H3,(H,20,21,23)/t9-,10-,13-/m1/s1. The molecule has 1 aliphatic heterocycles. The Kier molecular flexibility index (Phi) is 3.52. The van der Waals surface area contributed by atoms with Gasteiger partial charge in [0.2, 0.25) is 5.91 Å². The molecule has 1 saturated heterocycles. The van der Waals surface area contributed by atoms with E-state index in [1.54, 1.807) is 23.2 Å². The molecule has 4 rings (SSSR count). The first-order valence-electron chi connectivity index (χ1n) is 8.40. The summed E-state index contributed by atoms with van der Waals surface area (Å²) in [6.07, 6.45) is 2.19. The summed E-state index contributed by atoms with van der Waals surface area (Å²) in [4.78, 5) is 29.9. The van der Waals surface area contributed by atoms with Gasteiger partial charge in [-0.15, -0.1) is 0 Å². The molecular formula is C18H20N4O3. The van der Waals surface area contributed by atoms with E-state index in [1.807, 2.05) is 13.0 Å². The largest absolute Gasteiger partial charge is 0.447 e. The second-order valence-electron chi connectivity index (χ2n) is 6.93. The SMILES string of the molecule is C[C@@H]1C[C@H]1C(=O)Nc1cc2cc(N3C(=O)OC[C@H]3C)cc(N)c2cn1. The van der Waals surface area contributed by atoms with Crippen molar-refractivity contribution in [3.63, 3.8) is 0 Å². The molecule has 25 heavy (non-hydrogen) atoms. The number of anilines is 3. The van der Waals surface area contributed by atoms with Crippen LogP contribution in [0.1, 0.15) is 20.3 Å². The second-order valence-corrected chi connectivity index (χ2v) is 6.93. The predicted molar refractivity (Wildman–Crippen MR) is 95.3 cm³/mol. The van der Waals surface area contributed by atoms with Crippen molar-refractivity contribution in [3.05, 3.63) is 24.4 Å². The van der Waals surface area contributed by atoms with Crippen LogP contribution in [-0.2, 0) is 9.53 Å². The van der Waals surface area contributed by atoms with Crippen LogP contribution in [0.5, 0.6) is 0 Å². The minimum atomic E-state index is -0.378. The molecule has 3 N–H and O–H groups in total. The van der Waals surface area contributed by atoms with Crippen molar-refractivity contribution in [1.82, 2.24) is 4.98 Å². The number of nitrogen functional groups attached to an aromatic ring is 1. The number of pyridine rings is 1. The lowest BCUT2D eigenvalue weighted by molar-refractivity contribution is -0.117. The van der Waals surface area contributed by atoms with E-state index in [4.69, 9.17) is 10.5 Å². The Hall–Kier alpha value is -2.83. The number of rotatable bonds is 3. The van der Waals surface area contributed by atoms with Crippen LogP contribution in [0.3, 0.4) is 0 Å². The fourth-order valence-corrected chi connectivity index (χ4v) is 3.26. The number of aromatic nitrogens is 1. The highest BCUT2D eigenvalue weighted by Gasteiger charge is 2.39. The number of amides is 2. The fourth-order valence-electron chi connectivity index (χ4n) is 3.26. The summed E-state index contributed by atoms with van der Waals surface area (Å²) in [5.74, 6) is 1.00. The van der Waals surface area contributed by atoms with E-state index in [0.717, 1.165) is 17.2 Å². The molecule has 130 valence electrons. The molecule has 2 aromatic rings. The van der Waals surface area contributed by atoms with Crippen LogP contribution in [-0.4, -0.2) is 29.6 Å². The third-order valence-corrected chi connectivity index (χ3v) is 4.91. The first-order chi connectivity index (χ1) is 11.9. The Labute approximate surface area is 145 Å². The molecule has 2 heterocycles. The number of carbonyl (C=O) groups is 2. The topological polar surface area (TPSA) is 97.5 Å². The van der Waals surface area contributed by atoms with Crippen molar-refractivity contribution in [2.24, 2.45) is 11.8 Å². The van der Waals surface area contributed by atoms with Crippen LogP contribution >= 0.6 is 0 Å². The number of benzene rings is 1. The van der Waals surface area contributed by atoms with Gasteiger partial charge in [-0.3, -0.25) is 9.69 Å². The summed E-state index contributed by atoms with van der Waals surface area (Å²) in [6, 6.07) is 5.34. The molecule has 1 saturated carbocycles. The Morgan fingerprint density at radius 1 is 1.36 bits per heavy atom. The van der Waals surface area contributed by atoms with Gasteiger partial charge in [-0.05, 0) is 42.8 Å². The zero-order valence-corrected chi connectivity index (χ0v) is 14.2. The van der Waals surface area contributed by atoms with Crippen LogP contribution in [0.15, 0.2) is 24.4 Å². The maximum Gasteiger partial charge on any atom is 0.414 e. The number of nitrogens with two attached hydrogens (primary N) is 1. The summed E-state index contributed by atoms with van der Waals surface area (Å²) in [7, 11) is 0. The molecular weight excluding hydrogens is 320 g/mol. The van der Waals surface area contributed by atoms with Crippen LogP contribution in [0.25, 0.3) is 10.8 Å². The minimum absolute atomic E-state index is 0.000203. The van der Waals surface area contributed by atoms with E-state index >= 15 is 0 Å². The number of nitrogens with zero attached hydrogens (tertiary/aromatic N) is 2. The molecule has 1 aromatic carbocycles. The average molecular weight is 340 g/mol. The number of nitrogens with one attached hydrogen (secondary N) is 1. The lowest BCUT2D eigenvalue weighted by atomic mass is 10.1. The van der Waals surface area contributed by atoms with Gasteiger partial charge in [0.05, 0.1) is 11.7 Å². The smallest absolute Gasteiger partial charge is 0.414 e. The van der Waals surface area contributed by atoms with Gasteiger partial charge in [0.25, 0.3) is 0 Å². The van der Waals surface area contributed by atoms with E-state index < -0.39 is 0 Å². The average Bonchev–Trinajstić information content (AvgIpc) is 3.20. The van der Waals surface area contributed by atoms with E-state index in [1.165, 1.54) is 0 Å². The molecule has 0 radical (unpaired) electrons. The molecule has 7 heteroatoms. The number of ether oxygens (including phenoxy) is 1. The third-order valence-electron chi connectivity index (χ3n) is 4.91. The zero-order chi connectivity index (χ0) is 17.7. The molecule has 1 aliphatic carbocycles. The van der Waals surface area contributed by atoms with Crippen molar-refractivity contribution in [3.8, 4) is 0 Å². The number of cyclic esters (lactones) is 1. The van der Waals surface area contributed by atoms with Crippen molar-refractivity contribution >= 4 is 40.0 Å². The molecule has 7 nitrogen and oxygen atoms in total. The predicted octanol–water partition coefficient (Wildman–Crippen LogP) is 2.76. The number of carbonyl (C=O) groups excluding carboxylic acids is 2. The lowest BCUT2D eigenvalue weighted by Crippen LogP contribution is -2.30. The van der Waals surface area contributed by atoms with E-state index in [2.05, 4.69) is 17.2 Å². The lowest BCUT2D eigenvalue weighted by Gasteiger charge is -2.19. The first-order valence-corrected chi connectivity index (χ1v) is 8.40. The maximum absolute atomic E-state index is 12.1. The minimum Gasteiger partial charge on any atom is -0.447 e. The Morgan fingerprint density at radius 3 is 2.76 bits per heavy atom.